The summed E-state index contributed by atoms with van der Waals surface area (Å²) >= 11 is 3.11. The summed E-state index contributed by atoms with van der Waals surface area (Å²) in [6.45, 7) is 0.546. The van der Waals surface area contributed by atoms with Gasteiger partial charge in [0.15, 0.2) is 5.82 Å². The van der Waals surface area contributed by atoms with Gasteiger partial charge in [-0.25, -0.2) is 14.1 Å². The number of carbonyl (C=O) groups is 1. The maximum atomic E-state index is 13.1. The van der Waals surface area contributed by atoms with Gasteiger partial charge in [0.25, 0.3) is 5.91 Å². The lowest BCUT2D eigenvalue weighted by Gasteiger charge is -2.29. The first-order valence-corrected chi connectivity index (χ1v) is 8.80. The number of rotatable bonds is 2. The van der Waals surface area contributed by atoms with Gasteiger partial charge in [-0.15, -0.1) is 21.5 Å². The number of carbonyl (C=O) groups excluding carboxylic acids is 1. The fourth-order valence-corrected chi connectivity index (χ4v) is 3.94. The maximum absolute atomic E-state index is 13.1. The van der Waals surface area contributed by atoms with Crippen LogP contribution < -0.4 is 5.01 Å². The molecule has 0 saturated heterocycles. The molecule has 0 fully saturated rings. The van der Waals surface area contributed by atoms with Crippen molar-refractivity contribution in [3.63, 3.8) is 0 Å². The van der Waals surface area contributed by atoms with Crippen molar-refractivity contribution < 1.29 is 9.18 Å². The minimum absolute atomic E-state index is 0.191. The first-order chi connectivity index (χ1) is 11.2. The molecule has 1 aliphatic heterocycles. The van der Waals surface area contributed by atoms with E-state index in [-0.39, 0.29) is 11.7 Å². The number of hydrogen-bond donors (Lipinski definition) is 0. The molecule has 1 aromatic carbocycles. The van der Waals surface area contributed by atoms with E-state index in [1.165, 1.54) is 24.3 Å². The first-order valence-electron chi connectivity index (χ1n) is 6.94. The van der Waals surface area contributed by atoms with Gasteiger partial charge in [0.2, 0.25) is 5.16 Å². The Hall–Kier alpha value is -2.19. The van der Waals surface area contributed by atoms with E-state index < -0.39 is 0 Å². The van der Waals surface area contributed by atoms with Crippen molar-refractivity contribution in [2.24, 2.45) is 0 Å². The minimum atomic E-state index is -0.361. The molecule has 0 saturated carbocycles. The summed E-state index contributed by atoms with van der Waals surface area (Å²) < 4.78 is 14.8. The molecule has 4 rings (SSSR count). The van der Waals surface area contributed by atoms with Gasteiger partial charge in [0.1, 0.15) is 5.82 Å². The fraction of sp³-hybridized carbons (Fsp3) is 0.133. The number of hydrogen-bond acceptors (Lipinski definition) is 5. The van der Waals surface area contributed by atoms with Crippen molar-refractivity contribution in [1.82, 2.24) is 14.9 Å². The zero-order chi connectivity index (χ0) is 15.8. The average Bonchev–Trinajstić information content (AvgIpc) is 3.23. The molecule has 8 heteroatoms. The van der Waals surface area contributed by atoms with E-state index in [9.17, 15) is 9.18 Å². The molecule has 0 aliphatic carbocycles. The molecular weight excluding hydrogens is 335 g/mol. The Balaban J connectivity index is 1.76. The van der Waals surface area contributed by atoms with E-state index in [1.807, 2.05) is 17.5 Å². The zero-order valence-electron chi connectivity index (χ0n) is 11.8. The van der Waals surface area contributed by atoms with E-state index in [4.69, 9.17) is 0 Å². The second-order valence-electron chi connectivity index (χ2n) is 4.88. The Morgan fingerprint density at radius 3 is 2.74 bits per heavy atom. The van der Waals surface area contributed by atoms with E-state index in [0.29, 0.717) is 23.1 Å². The Labute approximate surface area is 139 Å². The second-order valence-corrected chi connectivity index (χ2v) is 6.89. The summed E-state index contributed by atoms with van der Waals surface area (Å²) in [4.78, 5) is 13.8. The molecule has 0 N–H and O–H groups in total. The number of amides is 1. The predicted molar refractivity (Wildman–Crippen MR) is 87.9 cm³/mol. The normalized spacial score (nSPS) is 13.9. The van der Waals surface area contributed by atoms with Crippen molar-refractivity contribution in [2.75, 3.05) is 17.3 Å². The molecule has 23 heavy (non-hydrogen) atoms. The van der Waals surface area contributed by atoms with Crippen LogP contribution in [0.4, 0.5) is 4.39 Å². The van der Waals surface area contributed by atoms with Crippen LogP contribution in [-0.4, -0.2) is 33.1 Å². The summed E-state index contributed by atoms with van der Waals surface area (Å²) in [5.74, 6) is 0.844. The molecule has 1 amide bonds. The fourth-order valence-electron chi connectivity index (χ4n) is 2.39. The lowest BCUT2D eigenvalue weighted by molar-refractivity contribution is 0.0956. The van der Waals surface area contributed by atoms with Crippen LogP contribution in [0, 0.1) is 5.82 Å². The number of aromatic nitrogens is 3. The van der Waals surface area contributed by atoms with Gasteiger partial charge in [0, 0.05) is 11.3 Å². The Morgan fingerprint density at radius 1 is 1.17 bits per heavy atom. The van der Waals surface area contributed by atoms with Gasteiger partial charge in [-0.2, -0.15) is 0 Å². The van der Waals surface area contributed by atoms with Crippen LogP contribution in [0.5, 0.6) is 0 Å². The summed E-state index contributed by atoms with van der Waals surface area (Å²) in [6, 6.07) is 9.45. The van der Waals surface area contributed by atoms with Gasteiger partial charge in [-0.3, -0.25) is 4.79 Å². The molecule has 5 nitrogen and oxygen atoms in total. The molecule has 0 unspecified atom stereocenters. The molecule has 0 bridgehead atoms. The lowest BCUT2D eigenvalue weighted by atomic mass is 10.2. The lowest BCUT2D eigenvalue weighted by Crippen LogP contribution is -2.45. The van der Waals surface area contributed by atoms with Crippen LogP contribution in [0.1, 0.15) is 10.4 Å². The minimum Gasteiger partial charge on any atom is -0.267 e. The molecule has 3 heterocycles. The predicted octanol–water partition coefficient (Wildman–Crippen LogP) is 3.03. The van der Waals surface area contributed by atoms with Crippen LogP contribution in [0.3, 0.4) is 0 Å². The van der Waals surface area contributed by atoms with Crippen LogP contribution in [0.25, 0.3) is 10.7 Å². The highest BCUT2D eigenvalue weighted by Gasteiger charge is 2.29. The number of thioether (sulfide) groups is 1. The Kier molecular flexibility index (Phi) is 3.62. The standard InChI is InChI=1S/C15H11FN4OS2/c16-11-5-3-10(4-6-11)14(21)19-7-9-23-15-18-17-13(20(15)19)12-2-1-8-22-12/h1-6,8H,7,9H2. The number of halogens is 1. The molecule has 116 valence electrons. The summed E-state index contributed by atoms with van der Waals surface area (Å²) in [6.07, 6.45) is 0. The van der Waals surface area contributed by atoms with Gasteiger partial charge in [-0.1, -0.05) is 17.8 Å². The van der Waals surface area contributed by atoms with Crippen LogP contribution in [0.2, 0.25) is 0 Å². The third kappa shape index (κ3) is 2.53. The molecule has 0 atom stereocenters. The second kappa shape index (κ2) is 5.78. The van der Waals surface area contributed by atoms with Crippen molar-refractivity contribution in [3.8, 4) is 10.7 Å². The monoisotopic (exact) mass is 346 g/mol. The first kappa shape index (κ1) is 14.4. The smallest absolute Gasteiger partial charge is 0.267 e. The molecule has 3 aromatic rings. The molecular formula is C15H11FN4OS2. The van der Waals surface area contributed by atoms with Crippen molar-refractivity contribution in [3.05, 3.63) is 53.2 Å². The van der Waals surface area contributed by atoms with Gasteiger partial charge in [0.05, 0.1) is 11.4 Å². The number of fused-ring (bicyclic) bond motifs is 1. The van der Waals surface area contributed by atoms with Gasteiger partial charge in [-0.05, 0) is 35.7 Å². The van der Waals surface area contributed by atoms with Crippen molar-refractivity contribution in [1.29, 1.82) is 0 Å². The summed E-state index contributed by atoms with van der Waals surface area (Å²) in [5, 5.41) is 12.7. The molecule has 2 aromatic heterocycles. The molecule has 1 aliphatic rings. The zero-order valence-corrected chi connectivity index (χ0v) is 13.5. The van der Waals surface area contributed by atoms with Crippen molar-refractivity contribution >= 4 is 29.0 Å². The topological polar surface area (TPSA) is 51.0 Å². The maximum Gasteiger partial charge on any atom is 0.272 e. The third-order valence-corrected chi connectivity index (χ3v) is 5.22. The molecule has 0 spiro atoms. The molecule has 0 radical (unpaired) electrons. The number of thiophene rings is 1. The Morgan fingerprint density at radius 2 is 2.00 bits per heavy atom. The van der Waals surface area contributed by atoms with E-state index in [1.54, 1.807) is 32.8 Å². The number of benzene rings is 1. The Bertz CT molecular complexity index is 845. The largest absolute Gasteiger partial charge is 0.272 e. The van der Waals surface area contributed by atoms with Crippen LogP contribution in [0.15, 0.2) is 46.9 Å². The van der Waals surface area contributed by atoms with Crippen LogP contribution >= 0.6 is 23.1 Å². The van der Waals surface area contributed by atoms with Gasteiger partial charge >= 0.3 is 0 Å². The van der Waals surface area contributed by atoms with E-state index >= 15 is 0 Å². The summed E-state index contributed by atoms with van der Waals surface area (Å²) in [5.41, 5.74) is 0.440. The summed E-state index contributed by atoms with van der Waals surface area (Å²) in [7, 11) is 0. The van der Waals surface area contributed by atoms with Crippen LogP contribution in [-0.2, 0) is 0 Å². The van der Waals surface area contributed by atoms with Gasteiger partial charge < -0.3 is 0 Å². The highest BCUT2D eigenvalue weighted by molar-refractivity contribution is 7.99. The third-order valence-electron chi connectivity index (χ3n) is 3.45. The number of nitrogens with zero attached hydrogens (tertiary/aromatic N) is 4. The highest BCUT2D eigenvalue weighted by atomic mass is 32.2. The quantitative estimate of drug-likeness (QED) is 0.716. The van der Waals surface area contributed by atoms with E-state index in [0.717, 1.165) is 10.6 Å². The SMILES string of the molecule is O=C(c1ccc(F)cc1)N1CCSc2nnc(-c3cccs3)n21. The van der Waals surface area contributed by atoms with Crippen molar-refractivity contribution in [2.45, 2.75) is 5.16 Å². The average molecular weight is 346 g/mol. The van der Waals surface area contributed by atoms with E-state index in [2.05, 4.69) is 10.2 Å². The highest BCUT2D eigenvalue weighted by Crippen LogP contribution is 2.30.